The van der Waals surface area contributed by atoms with Gasteiger partial charge in [0.15, 0.2) is 0 Å². The molecule has 5 atom stereocenters. The van der Waals surface area contributed by atoms with Gasteiger partial charge in [0.1, 0.15) is 17.5 Å². The van der Waals surface area contributed by atoms with E-state index in [0.717, 1.165) is 5.56 Å². The van der Waals surface area contributed by atoms with Gasteiger partial charge in [0, 0.05) is 20.2 Å². The summed E-state index contributed by atoms with van der Waals surface area (Å²) in [6, 6.07) is 14.3. The zero-order chi connectivity index (χ0) is 24.6. The fourth-order valence-corrected chi connectivity index (χ4v) is 5.36. The lowest BCUT2D eigenvalue weighted by molar-refractivity contribution is -0.141. The number of hydrogen-bond donors (Lipinski definition) is 2. The minimum absolute atomic E-state index is 0.0251. The van der Waals surface area contributed by atoms with Crippen molar-refractivity contribution >= 4 is 23.4 Å². The molecule has 0 unspecified atom stereocenters. The van der Waals surface area contributed by atoms with E-state index in [4.69, 9.17) is 9.47 Å². The van der Waals surface area contributed by atoms with Crippen molar-refractivity contribution in [2.24, 2.45) is 11.8 Å². The predicted molar refractivity (Wildman–Crippen MR) is 124 cm³/mol. The molecule has 0 radical (unpaired) electrons. The molecule has 3 aliphatic rings. The average Bonchev–Trinajstić information content (AvgIpc) is 3.50. The van der Waals surface area contributed by atoms with Gasteiger partial charge in [-0.25, -0.2) is 4.39 Å². The Balaban J connectivity index is 1.42. The number of ether oxygens (including phenoxy) is 2. The number of rotatable bonds is 8. The molecule has 5 rings (SSSR count). The first kappa shape index (κ1) is 23.2. The number of nitrogens with one attached hydrogen (secondary N) is 2. The molecule has 2 bridgehead atoms. The fourth-order valence-electron chi connectivity index (χ4n) is 5.36. The summed E-state index contributed by atoms with van der Waals surface area (Å²) in [5, 5.41) is 5.50. The third-order valence-electron chi connectivity index (χ3n) is 6.90. The highest BCUT2D eigenvalue weighted by atomic mass is 19.1. The molecule has 1 spiro atoms. The van der Waals surface area contributed by atoms with Crippen LogP contribution >= 0.6 is 0 Å². The molecule has 9 heteroatoms. The number of para-hydroxylation sites is 1. The van der Waals surface area contributed by atoms with E-state index in [-0.39, 0.29) is 37.2 Å². The van der Waals surface area contributed by atoms with Crippen LogP contribution in [-0.4, -0.2) is 60.6 Å². The van der Waals surface area contributed by atoms with Crippen molar-refractivity contribution in [1.29, 1.82) is 0 Å². The Kier molecular flexibility index (Phi) is 6.12. The van der Waals surface area contributed by atoms with Crippen molar-refractivity contribution in [1.82, 2.24) is 10.2 Å². The molecule has 0 saturated carbocycles. The Bertz CT molecular complexity index is 1170. The first-order valence-corrected chi connectivity index (χ1v) is 11.5. The average molecular weight is 480 g/mol. The molecule has 3 heterocycles. The van der Waals surface area contributed by atoms with Gasteiger partial charge in [-0.3, -0.25) is 14.4 Å². The number of carbonyl (C=O) groups is 3. The van der Waals surface area contributed by atoms with E-state index in [0.29, 0.717) is 0 Å². The highest BCUT2D eigenvalue weighted by Gasteiger charge is 2.72. The largest absolute Gasteiger partial charge is 0.383 e. The summed E-state index contributed by atoms with van der Waals surface area (Å²) in [4.78, 5) is 41.8. The van der Waals surface area contributed by atoms with Crippen molar-refractivity contribution in [2.75, 3.05) is 25.6 Å². The third-order valence-corrected chi connectivity index (χ3v) is 6.90. The number of anilines is 1. The van der Waals surface area contributed by atoms with Crippen molar-refractivity contribution < 1.29 is 28.2 Å². The summed E-state index contributed by atoms with van der Waals surface area (Å²) >= 11 is 0. The number of carbonyl (C=O) groups excluding carboxylic acids is 3. The second-order valence-corrected chi connectivity index (χ2v) is 8.90. The fraction of sp³-hybridized carbons (Fsp3) is 0.346. The van der Waals surface area contributed by atoms with E-state index >= 15 is 0 Å². The molecule has 2 saturated heterocycles. The van der Waals surface area contributed by atoms with Gasteiger partial charge in [-0.05, 0) is 17.7 Å². The van der Waals surface area contributed by atoms with Crippen LogP contribution < -0.4 is 10.6 Å². The second kappa shape index (κ2) is 9.24. The van der Waals surface area contributed by atoms with Crippen LogP contribution in [0.1, 0.15) is 5.56 Å². The summed E-state index contributed by atoms with van der Waals surface area (Å²) in [5.74, 6) is -3.64. The predicted octanol–water partition coefficient (Wildman–Crippen LogP) is 1.88. The number of nitrogens with zero attached hydrogens (tertiary/aromatic N) is 1. The number of benzene rings is 2. The summed E-state index contributed by atoms with van der Waals surface area (Å²) in [5.41, 5.74) is -0.345. The molecule has 0 aliphatic carbocycles. The third kappa shape index (κ3) is 3.90. The van der Waals surface area contributed by atoms with Crippen LogP contribution in [-0.2, 0) is 30.4 Å². The van der Waals surface area contributed by atoms with E-state index in [1.54, 1.807) is 18.2 Å². The number of methoxy groups -OCH3 is 1. The highest BCUT2D eigenvalue weighted by molar-refractivity contribution is 6.02. The molecule has 3 amide bonds. The van der Waals surface area contributed by atoms with Crippen molar-refractivity contribution in [3.8, 4) is 0 Å². The van der Waals surface area contributed by atoms with Gasteiger partial charge >= 0.3 is 0 Å². The lowest BCUT2D eigenvalue weighted by Crippen LogP contribution is -2.55. The van der Waals surface area contributed by atoms with Crippen LogP contribution in [0.5, 0.6) is 0 Å². The maximum atomic E-state index is 14.2. The zero-order valence-corrected chi connectivity index (χ0v) is 19.1. The monoisotopic (exact) mass is 479 g/mol. The smallest absolute Gasteiger partial charge is 0.246 e. The Hall–Kier alpha value is -3.56. The number of fused-ring (bicyclic) bond motifs is 1. The Morgan fingerprint density at radius 1 is 1.11 bits per heavy atom. The van der Waals surface area contributed by atoms with Gasteiger partial charge in [-0.15, -0.1) is 0 Å². The number of halogens is 1. The van der Waals surface area contributed by atoms with E-state index < -0.39 is 41.3 Å². The first-order chi connectivity index (χ1) is 17.0. The number of likely N-dealkylation sites (tertiary alicyclic amines) is 1. The molecular formula is C26H26FN3O5. The number of hydrogen-bond acceptors (Lipinski definition) is 5. The van der Waals surface area contributed by atoms with Crippen LogP contribution in [0.3, 0.4) is 0 Å². The summed E-state index contributed by atoms with van der Waals surface area (Å²) in [6.45, 7) is 0.671. The minimum atomic E-state index is -1.28. The molecule has 35 heavy (non-hydrogen) atoms. The highest BCUT2D eigenvalue weighted by Crippen LogP contribution is 2.55. The first-order valence-electron chi connectivity index (χ1n) is 11.5. The van der Waals surface area contributed by atoms with E-state index in [1.807, 2.05) is 30.3 Å². The van der Waals surface area contributed by atoms with Gasteiger partial charge in [0.05, 0.1) is 30.2 Å². The van der Waals surface area contributed by atoms with Crippen molar-refractivity contribution in [3.63, 3.8) is 0 Å². The SMILES string of the molecule is COCCN1C(=O)[C@@H]2[C@@H](C(=O)Nc3ccccc3F)[C@H]3C=C[C@@]2(O3)[C@@H]1C(=O)NCc1ccccc1. The van der Waals surface area contributed by atoms with Gasteiger partial charge in [-0.2, -0.15) is 0 Å². The van der Waals surface area contributed by atoms with Gasteiger partial charge in [0.25, 0.3) is 0 Å². The van der Waals surface area contributed by atoms with Crippen LogP contribution in [0.4, 0.5) is 10.1 Å². The zero-order valence-electron chi connectivity index (χ0n) is 19.1. The lowest BCUT2D eigenvalue weighted by atomic mass is 9.74. The topological polar surface area (TPSA) is 97.0 Å². The van der Waals surface area contributed by atoms with E-state index in [9.17, 15) is 18.8 Å². The molecular weight excluding hydrogens is 453 g/mol. The van der Waals surface area contributed by atoms with Crippen molar-refractivity contribution in [3.05, 3.63) is 78.1 Å². The summed E-state index contributed by atoms with van der Waals surface area (Å²) < 4.78 is 25.6. The van der Waals surface area contributed by atoms with Crippen molar-refractivity contribution in [2.45, 2.75) is 24.3 Å². The molecule has 2 aromatic carbocycles. The Morgan fingerprint density at radius 3 is 2.60 bits per heavy atom. The second-order valence-electron chi connectivity index (χ2n) is 8.90. The van der Waals surface area contributed by atoms with E-state index in [1.165, 1.54) is 30.2 Å². The Morgan fingerprint density at radius 2 is 1.86 bits per heavy atom. The van der Waals surface area contributed by atoms with Crippen LogP contribution in [0, 0.1) is 17.7 Å². The van der Waals surface area contributed by atoms with Gasteiger partial charge < -0.3 is 25.0 Å². The maximum absolute atomic E-state index is 14.2. The van der Waals surface area contributed by atoms with Gasteiger partial charge in [0.2, 0.25) is 17.7 Å². The molecule has 182 valence electrons. The molecule has 2 fully saturated rings. The lowest BCUT2D eigenvalue weighted by Gasteiger charge is -2.32. The molecule has 2 aromatic rings. The van der Waals surface area contributed by atoms with E-state index in [2.05, 4.69) is 10.6 Å². The number of amides is 3. The maximum Gasteiger partial charge on any atom is 0.246 e. The van der Waals surface area contributed by atoms with Crippen LogP contribution in [0.25, 0.3) is 0 Å². The Labute approximate surface area is 202 Å². The van der Waals surface area contributed by atoms with Crippen LogP contribution in [0.15, 0.2) is 66.7 Å². The molecule has 3 aliphatic heterocycles. The van der Waals surface area contributed by atoms with Crippen LogP contribution in [0.2, 0.25) is 0 Å². The van der Waals surface area contributed by atoms with Gasteiger partial charge in [-0.1, -0.05) is 54.6 Å². The molecule has 8 nitrogen and oxygen atoms in total. The molecule has 0 aromatic heterocycles. The summed E-state index contributed by atoms with van der Waals surface area (Å²) in [6.07, 6.45) is 2.75. The quantitative estimate of drug-likeness (QED) is 0.564. The minimum Gasteiger partial charge on any atom is -0.383 e. The summed E-state index contributed by atoms with van der Waals surface area (Å²) in [7, 11) is 1.51. The normalized spacial score (nSPS) is 28.3. The standard InChI is InChI=1S/C26H26FN3O5/c1-34-14-13-30-22(24(32)28-15-16-7-3-2-4-8-16)26-12-11-19(35-26)20(21(26)25(30)33)23(31)29-18-10-6-5-9-17(18)27/h2-12,19-22H,13-15H2,1H3,(H,28,32)(H,29,31)/t19-,20+,21+,22+,26+/m1/s1. The molecule has 2 N–H and O–H groups in total.